The summed E-state index contributed by atoms with van der Waals surface area (Å²) in [7, 11) is 0. The Bertz CT molecular complexity index is 811. The van der Waals surface area contributed by atoms with Crippen LogP contribution in [0, 0.1) is 0 Å². The van der Waals surface area contributed by atoms with Gasteiger partial charge in [0.05, 0.1) is 6.21 Å². The summed E-state index contributed by atoms with van der Waals surface area (Å²) in [6, 6.07) is 12.3. The number of ether oxygens (including phenoxy) is 2. The number of rotatable bonds is 8. The zero-order valence-electron chi connectivity index (χ0n) is 14.1. The Morgan fingerprint density at radius 2 is 2.19 bits per heavy atom. The molecule has 5 nitrogen and oxygen atoms in total. The number of carbonyl (C=O) groups is 1. The lowest BCUT2D eigenvalue weighted by atomic mass is 10.2. The maximum atomic E-state index is 12.1. The lowest BCUT2D eigenvalue weighted by Crippen LogP contribution is -2.33. The molecule has 1 atom stereocenters. The van der Waals surface area contributed by atoms with E-state index in [1.54, 1.807) is 37.3 Å². The topological polar surface area (TPSA) is 59.9 Å². The first-order chi connectivity index (χ1) is 12.5. The predicted octanol–water partition coefficient (Wildman–Crippen LogP) is 4.58. The van der Waals surface area contributed by atoms with Crippen molar-refractivity contribution in [3.05, 3.63) is 70.2 Å². The average Bonchev–Trinajstić information content (AvgIpc) is 2.61. The van der Waals surface area contributed by atoms with Crippen molar-refractivity contribution in [2.24, 2.45) is 5.10 Å². The van der Waals surface area contributed by atoms with E-state index in [4.69, 9.17) is 21.1 Å². The van der Waals surface area contributed by atoms with Crippen molar-refractivity contribution in [1.82, 2.24) is 5.43 Å². The number of carbonyl (C=O) groups excluding carboxylic acids is 1. The number of nitrogens with zero attached hydrogens (tertiary/aromatic N) is 1. The molecule has 26 heavy (non-hydrogen) atoms. The van der Waals surface area contributed by atoms with E-state index in [1.807, 2.05) is 18.2 Å². The molecule has 1 N–H and O–H groups in total. The molecule has 0 aliphatic rings. The first-order valence-corrected chi connectivity index (χ1v) is 8.95. The van der Waals surface area contributed by atoms with Gasteiger partial charge in [-0.1, -0.05) is 46.3 Å². The molecule has 2 rings (SSSR count). The van der Waals surface area contributed by atoms with Crippen molar-refractivity contribution in [2.45, 2.75) is 13.0 Å². The summed E-state index contributed by atoms with van der Waals surface area (Å²) in [5.74, 6) is 0.760. The molecule has 0 spiro atoms. The monoisotopic (exact) mass is 436 g/mol. The average molecular weight is 438 g/mol. The molecule has 2 aromatic carbocycles. The molecule has 0 aliphatic heterocycles. The molecule has 2 aromatic rings. The number of hydrazone groups is 1. The van der Waals surface area contributed by atoms with Crippen LogP contribution in [0.5, 0.6) is 11.5 Å². The highest BCUT2D eigenvalue weighted by Crippen LogP contribution is 2.22. The molecule has 1 amide bonds. The standard InChI is InChI=1S/C19H18BrClN2O3/c1-3-9-25-18-8-7-15(20)10-14(18)12-22-23-19(24)13(2)26-17-6-4-5-16(21)11-17/h3-8,10-13H,1,9H2,2H3,(H,23,24)/b22-12-/t13-/m1/s1. The molecule has 0 saturated heterocycles. The molecule has 0 aliphatic carbocycles. The molecular formula is C19H18BrClN2O3. The van der Waals surface area contributed by atoms with E-state index in [0.29, 0.717) is 28.7 Å². The second-order valence-corrected chi connectivity index (χ2v) is 6.59. The fourth-order valence-corrected chi connectivity index (χ4v) is 2.51. The third-order valence-corrected chi connectivity index (χ3v) is 3.91. The molecule has 0 saturated carbocycles. The summed E-state index contributed by atoms with van der Waals surface area (Å²) in [4.78, 5) is 12.1. The number of nitrogens with one attached hydrogen (secondary N) is 1. The van der Waals surface area contributed by atoms with Gasteiger partial charge in [-0.2, -0.15) is 5.10 Å². The molecule has 0 aromatic heterocycles. The Morgan fingerprint density at radius 1 is 1.38 bits per heavy atom. The van der Waals surface area contributed by atoms with Gasteiger partial charge in [0.25, 0.3) is 5.91 Å². The van der Waals surface area contributed by atoms with Gasteiger partial charge in [-0.05, 0) is 43.3 Å². The Balaban J connectivity index is 1.97. The van der Waals surface area contributed by atoms with Crippen LogP contribution < -0.4 is 14.9 Å². The summed E-state index contributed by atoms with van der Waals surface area (Å²) < 4.78 is 12.0. The van der Waals surface area contributed by atoms with Crippen molar-refractivity contribution in [2.75, 3.05) is 6.61 Å². The van der Waals surface area contributed by atoms with Crippen LogP contribution >= 0.6 is 27.5 Å². The summed E-state index contributed by atoms with van der Waals surface area (Å²) in [5, 5.41) is 4.51. The van der Waals surface area contributed by atoms with Crippen LogP contribution in [-0.4, -0.2) is 24.8 Å². The van der Waals surface area contributed by atoms with Crippen molar-refractivity contribution in [3.63, 3.8) is 0 Å². The van der Waals surface area contributed by atoms with Crippen molar-refractivity contribution >= 4 is 39.7 Å². The van der Waals surface area contributed by atoms with Crippen LogP contribution in [0.15, 0.2) is 64.7 Å². The normalized spacial score (nSPS) is 11.8. The quantitative estimate of drug-likeness (QED) is 0.373. The number of hydrogen-bond acceptors (Lipinski definition) is 4. The van der Waals surface area contributed by atoms with Gasteiger partial charge in [0.1, 0.15) is 18.1 Å². The number of halogens is 2. The number of amides is 1. The first-order valence-electron chi connectivity index (χ1n) is 7.78. The fourth-order valence-electron chi connectivity index (χ4n) is 1.95. The Hall–Kier alpha value is -2.31. The van der Waals surface area contributed by atoms with E-state index in [0.717, 1.165) is 4.47 Å². The second-order valence-electron chi connectivity index (χ2n) is 5.23. The number of hydrogen-bond donors (Lipinski definition) is 1. The Morgan fingerprint density at radius 3 is 2.92 bits per heavy atom. The fraction of sp³-hybridized carbons (Fsp3) is 0.158. The molecule has 136 valence electrons. The SMILES string of the molecule is C=CCOc1ccc(Br)cc1/C=N\NC(=O)[C@@H](C)Oc1cccc(Cl)c1. The maximum absolute atomic E-state index is 12.1. The van der Waals surface area contributed by atoms with Gasteiger partial charge < -0.3 is 9.47 Å². The summed E-state index contributed by atoms with van der Waals surface area (Å²) in [6.07, 6.45) is 2.43. The van der Waals surface area contributed by atoms with E-state index in [1.165, 1.54) is 6.21 Å². The molecular weight excluding hydrogens is 420 g/mol. The Kier molecular flexibility index (Phi) is 7.69. The van der Waals surface area contributed by atoms with Gasteiger partial charge in [0.2, 0.25) is 0 Å². The van der Waals surface area contributed by atoms with Gasteiger partial charge in [0, 0.05) is 15.1 Å². The van der Waals surface area contributed by atoms with Gasteiger partial charge in [-0.3, -0.25) is 4.79 Å². The third kappa shape index (κ3) is 6.20. The Labute approximate surface area is 165 Å². The molecule has 0 fully saturated rings. The minimum Gasteiger partial charge on any atom is -0.489 e. The highest BCUT2D eigenvalue weighted by Gasteiger charge is 2.14. The largest absolute Gasteiger partial charge is 0.489 e. The van der Waals surface area contributed by atoms with E-state index >= 15 is 0 Å². The minimum atomic E-state index is -0.732. The zero-order chi connectivity index (χ0) is 18.9. The molecule has 7 heteroatoms. The van der Waals surface area contributed by atoms with Crippen LogP contribution in [0.1, 0.15) is 12.5 Å². The van der Waals surface area contributed by atoms with Crippen LogP contribution in [0.4, 0.5) is 0 Å². The van der Waals surface area contributed by atoms with Crippen LogP contribution in [-0.2, 0) is 4.79 Å². The van der Waals surface area contributed by atoms with Gasteiger partial charge in [0.15, 0.2) is 6.10 Å². The second kappa shape index (κ2) is 9.99. The third-order valence-electron chi connectivity index (χ3n) is 3.19. The van der Waals surface area contributed by atoms with Crippen LogP contribution in [0.3, 0.4) is 0 Å². The molecule has 0 heterocycles. The minimum absolute atomic E-state index is 0.374. The smallest absolute Gasteiger partial charge is 0.280 e. The van der Waals surface area contributed by atoms with E-state index in [9.17, 15) is 4.79 Å². The van der Waals surface area contributed by atoms with E-state index in [-0.39, 0.29) is 5.91 Å². The molecule has 0 bridgehead atoms. The highest BCUT2D eigenvalue weighted by molar-refractivity contribution is 9.10. The van der Waals surface area contributed by atoms with Crippen LogP contribution in [0.25, 0.3) is 0 Å². The van der Waals surface area contributed by atoms with Crippen molar-refractivity contribution < 1.29 is 14.3 Å². The first kappa shape index (κ1) is 20.0. The van der Waals surface area contributed by atoms with E-state index < -0.39 is 6.10 Å². The zero-order valence-corrected chi connectivity index (χ0v) is 16.5. The summed E-state index contributed by atoms with van der Waals surface area (Å²) in [6.45, 7) is 5.62. The van der Waals surface area contributed by atoms with Gasteiger partial charge in [-0.25, -0.2) is 5.43 Å². The lowest BCUT2D eigenvalue weighted by Gasteiger charge is -2.13. The van der Waals surface area contributed by atoms with Crippen molar-refractivity contribution in [1.29, 1.82) is 0 Å². The summed E-state index contributed by atoms with van der Waals surface area (Å²) >= 11 is 9.29. The maximum Gasteiger partial charge on any atom is 0.280 e. The molecule has 0 unspecified atom stereocenters. The van der Waals surface area contributed by atoms with Crippen LogP contribution in [0.2, 0.25) is 5.02 Å². The molecule has 0 radical (unpaired) electrons. The van der Waals surface area contributed by atoms with Gasteiger partial charge in [-0.15, -0.1) is 0 Å². The van der Waals surface area contributed by atoms with Gasteiger partial charge >= 0.3 is 0 Å². The lowest BCUT2D eigenvalue weighted by molar-refractivity contribution is -0.127. The summed E-state index contributed by atoms with van der Waals surface area (Å²) in [5.41, 5.74) is 3.16. The van der Waals surface area contributed by atoms with E-state index in [2.05, 4.69) is 33.0 Å². The highest BCUT2D eigenvalue weighted by atomic mass is 79.9. The van der Waals surface area contributed by atoms with Crippen molar-refractivity contribution in [3.8, 4) is 11.5 Å². The number of benzene rings is 2. The predicted molar refractivity (Wildman–Crippen MR) is 107 cm³/mol.